The summed E-state index contributed by atoms with van der Waals surface area (Å²) >= 11 is 0. The largest absolute Gasteiger partial charge is 0.491 e. The number of benzene rings is 2. The average molecular weight is 325 g/mol. The maximum absolute atomic E-state index is 12.9. The fourth-order valence-corrected chi connectivity index (χ4v) is 2.23. The Kier molecular flexibility index (Phi) is 6.01. The first-order chi connectivity index (χ1) is 11.0. The van der Waals surface area contributed by atoms with Crippen molar-refractivity contribution < 1.29 is 23.0 Å². The third-order valence-corrected chi connectivity index (χ3v) is 3.28. The topological polar surface area (TPSA) is 41.5 Å². The molecule has 2 aromatic carbocycles. The number of rotatable bonds is 7. The first kappa shape index (κ1) is 17.3. The van der Waals surface area contributed by atoms with Crippen molar-refractivity contribution in [2.45, 2.75) is 19.3 Å². The van der Waals surface area contributed by atoms with Crippen molar-refractivity contribution >= 4 is 0 Å². The highest BCUT2D eigenvalue weighted by atomic mass is 19.4. The number of aliphatic hydroxyl groups is 1. The van der Waals surface area contributed by atoms with Gasteiger partial charge in [-0.1, -0.05) is 36.4 Å². The quantitative estimate of drug-likeness (QED) is 0.820. The molecular formula is C17H18F3NO2. The second-order valence-electron chi connectivity index (χ2n) is 4.94. The van der Waals surface area contributed by atoms with Gasteiger partial charge in [0.2, 0.25) is 0 Å². The SMILES string of the molecule is OCCOc1ccccc1CNCc1ccccc1C(F)(F)F. The highest BCUT2D eigenvalue weighted by Crippen LogP contribution is 2.31. The van der Waals surface area contributed by atoms with Gasteiger partial charge in [-0.25, -0.2) is 0 Å². The molecule has 0 heterocycles. The van der Waals surface area contributed by atoms with Crippen LogP contribution in [0.2, 0.25) is 0 Å². The summed E-state index contributed by atoms with van der Waals surface area (Å²) < 4.78 is 44.2. The average Bonchev–Trinajstić information content (AvgIpc) is 2.53. The summed E-state index contributed by atoms with van der Waals surface area (Å²) in [6.07, 6.45) is -4.36. The van der Waals surface area contributed by atoms with Gasteiger partial charge in [0.05, 0.1) is 12.2 Å². The molecule has 0 fully saturated rings. The molecule has 0 saturated carbocycles. The van der Waals surface area contributed by atoms with E-state index in [2.05, 4.69) is 5.32 Å². The summed E-state index contributed by atoms with van der Waals surface area (Å²) in [6.45, 7) is 0.548. The number of nitrogens with one attached hydrogen (secondary N) is 1. The van der Waals surface area contributed by atoms with E-state index in [1.54, 1.807) is 18.2 Å². The summed E-state index contributed by atoms with van der Waals surface area (Å²) in [5.74, 6) is 0.609. The first-order valence-corrected chi connectivity index (χ1v) is 7.19. The maximum atomic E-state index is 12.9. The molecule has 2 rings (SSSR count). The standard InChI is InChI=1S/C17H18F3NO2/c18-17(19,20)15-7-3-1-5-13(15)11-21-12-14-6-2-4-8-16(14)23-10-9-22/h1-8,21-22H,9-12H2. The van der Waals surface area contributed by atoms with Crippen molar-refractivity contribution in [3.8, 4) is 5.75 Å². The third-order valence-electron chi connectivity index (χ3n) is 3.28. The minimum Gasteiger partial charge on any atom is -0.491 e. The number of para-hydroxylation sites is 1. The Bertz CT molecular complexity index is 629. The lowest BCUT2D eigenvalue weighted by molar-refractivity contribution is -0.138. The Balaban J connectivity index is 2.01. The molecular weight excluding hydrogens is 307 g/mol. The summed E-state index contributed by atoms with van der Waals surface area (Å²) in [5.41, 5.74) is 0.400. The van der Waals surface area contributed by atoms with Crippen LogP contribution >= 0.6 is 0 Å². The number of ether oxygens (including phenoxy) is 1. The number of alkyl halides is 3. The Morgan fingerprint density at radius 2 is 1.52 bits per heavy atom. The van der Waals surface area contributed by atoms with Crippen LogP contribution in [0.1, 0.15) is 16.7 Å². The van der Waals surface area contributed by atoms with Crippen LogP contribution in [-0.4, -0.2) is 18.3 Å². The molecule has 0 spiro atoms. The minimum absolute atomic E-state index is 0.0965. The van der Waals surface area contributed by atoms with Crippen molar-refractivity contribution in [2.24, 2.45) is 0 Å². The highest BCUT2D eigenvalue weighted by molar-refractivity contribution is 5.34. The van der Waals surface area contributed by atoms with Crippen molar-refractivity contribution in [3.05, 3.63) is 65.2 Å². The van der Waals surface area contributed by atoms with Gasteiger partial charge < -0.3 is 15.2 Å². The molecule has 23 heavy (non-hydrogen) atoms. The predicted molar refractivity (Wildman–Crippen MR) is 81.0 cm³/mol. The van der Waals surface area contributed by atoms with Gasteiger partial charge in [-0.05, 0) is 17.7 Å². The smallest absolute Gasteiger partial charge is 0.416 e. The molecule has 0 aliphatic heterocycles. The van der Waals surface area contributed by atoms with Crippen LogP contribution in [0.5, 0.6) is 5.75 Å². The second kappa shape index (κ2) is 7.99. The van der Waals surface area contributed by atoms with Crippen molar-refractivity contribution in [1.29, 1.82) is 0 Å². The maximum Gasteiger partial charge on any atom is 0.416 e. The molecule has 124 valence electrons. The fourth-order valence-electron chi connectivity index (χ4n) is 2.23. The zero-order chi connectivity index (χ0) is 16.7. The monoisotopic (exact) mass is 325 g/mol. The van der Waals surface area contributed by atoms with Gasteiger partial charge in [0.15, 0.2) is 0 Å². The minimum atomic E-state index is -4.36. The molecule has 6 heteroatoms. The summed E-state index contributed by atoms with van der Waals surface area (Å²) in [4.78, 5) is 0. The lowest BCUT2D eigenvalue weighted by Crippen LogP contribution is -2.18. The van der Waals surface area contributed by atoms with E-state index in [0.29, 0.717) is 12.3 Å². The molecule has 0 aromatic heterocycles. The molecule has 3 nitrogen and oxygen atoms in total. The number of halogens is 3. The molecule has 0 aliphatic rings. The van der Waals surface area contributed by atoms with Crippen LogP contribution < -0.4 is 10.1 Å². The molecule has 0 aliphatic carbocycles. The van der Waals surface area contributed by atoms with Gasteiger partial charge >= 0.3 is 6.18 Å². The van der Waals surface area contributed by atoms with Crippen LogP contribution in [0.25, 0.3) is 0 Å². The highest BCUT2D eigenvalue weighted by Gasteiger charge is 2.32. The van der Waals surface area contributed by atoms with E-state index in [1.165, 1.54) is 12.1 Å². The summed E-state index contributed by atoms with van der Waals surface area (Å²) in [7, 11) is 0. The van der Waals surface area contributed by atoms with Crippen LogP contribution in [-0.2, 0) is 19.3 Å². The lowest BCUT2D eigenvalue weighted by Gasteiger charge is -2.14. The molecule has 0 bridgehead atoms. The number of hydrogen-bond donors (Lipinski definition) is 2. The van der Waals surface area contributed by atoms with E-state index in [9.17, 15) is 13.2 Å². The molecule has 0 unspecified atom stereocenters. The third kappa shape index (κ3) is 4.97. The van der Waals surface area contributed by atoms with Gasteiger partial charge in [0.25, 0.3) is 0 Å². The molecule has 0 saturated heterocycles. The Morgan fingerprint density at radius 3 is 2.22 bits per heavy atom. The zero-order valence-electron chi connectivity index (χ0n) is 12.4. The van der Waals surface area contributed by atoms with Crippen LogP contribution in [0.4, 0.5) is 13.2 Å². The number of aliphatic hydroxyl groups excluding tert-OH is 1. The fraction of sp³-hybridized carbons (Fsp3) is 0.294. The van der Waals surface area contributed by atoms with E-state index in [-0.39, 0.29) is 25.3 Å². The number of hydrogen-bond acceptors (Lipinski definition) is 3. The lowest BCUT2D eigenvalue weighted by atomic mass is 10.1. The molecule has 0 atom stereocenters. The van der Waals surface area contributed by atoms with E-state index in [1.807, 2.05) is 12.1 Å². The van der Waals surface area contributed by atoms with Gasteiger partial charge in [0.1, 0.15) is 12.4 Å². The van der Waals surface area contributed by atoms with Crippen LogP contribution in [0, 0.1) is 0 Å². The zero-order valence-corrected chi connectivity index (χ0v) is 12.4. The van der Waals surface area contributed by atoms with Crippen molar-refractivity contribution in [1.82, 2.24) is 5.32 Å². The van der Waals surface area contributed by atoms with Crippen LogP contribution in [0.15, 0.2) is 48.5 Å². The predicted octanol–water partition coefficient (Wildman–Crippen LogP) is 3.37. The Hall–Kier alpha value is -2.05. The van der Waals surface area contributed by atoms with E-state index in [4.69, 9.17) is 9.84 Å². The van der Waals surface area contributed by atoms with E-state index >= 15 is 0 Å². The summed E-state index contributed by atoms with van der Waals surface area (Å²) in [5, 5.41) is 11.8. The molecule has 2 aromatic rings. The van der Waals surface area contributed by atoms with Gasteiger partial charge in [-0.15, -0.1) is 0 Å². The summed E-state index contributed by atoms with van der Waals surface area (Å²) in [6, 6.07) is 12.7. The molecule has 0 amide bonds. The normalized spacial score (nSPS) is 11.5. The molecule has 0 radical (unpaired) electrons. The van der Waals surface area contributed by atoms with Crippen molar-refractivity contribution in [2.75, 3.05) is 13.2 Å². The first-order valence-electron chi connectivity index (χ1n) is 7.19. The second-order valence-corrected chi connectivity index (χ2v) is 4.94. The van der Waals surface area contributed by atoms with Crippen molar-refractivity contribution in [3.63, 3.8) is 0 Å². The Morgan fingerprint density at radius 1 is 0.913 bits per heavy atom. The molecule has 2 N–H and O–H groups in total. The van der Waals surface area contributed by atoms with E-state index < -0.39 is 11.7 Å². The van der Waals surface area contributed by atoms with Gasteiger partial charge in [-0.2, -0.15) is 13.2 Å². The van der Waals surface area contributed by atoms with E-state index in [0.717, 1.165) is 11.6 Å². The van der Waals surface area contributed by atoms with Gasteiger partial charge in [0, 0.05) is 18.7 Å². The van der Waals surface area contributed by atoms with Gasteiger partial charge in [-0.3, -0.25) is 0 Å². The Labute approximate surface area is 132 Å². The van der Waals surface area contributed by atoms with Crippen LogP contribution in [0.3, 0.4) is 0 Å².